The van der Waals surface area contributed by atoms with Crippen molar-refractivity contribution in [1.82, 2.24) is 15.2 Å². The first-order chi connectivity index (χ1) is 16.5. The van der Waals surface area contributed by atoms with E-state index in [9.17, 15) is 4.79 Å². The molecule has 0 bridgehead atoms. The van der Waals surface area contributed by atoms with Crippen molar-refractivity contribution >= 4 is 5.91 Å². The third kappa shape index (κ3) is 5.46. The lowest BCUT2D eigenvalue weighted by Crippen LogP contribution is -2.25. The number of amides is 1. The minimum atomic E-state index is 0.00279. The number of aromatic nitrogens is 1. The van der Waals surface area contributed by atoms with E-state index in [1.54, 1.807) is 12.5 Å². The fourth-order valence-corrected chi connectivity index (χ4v) is 4.09. The Bertz CT molecular complexity index is 1250. The number of carbonyl (C=O) groups is 1. The van der Waals surface area contributed by atoms with E-state index in [2.05, 4.69) is 42.3 Å². The molecule has 174 valence electrons. The summed E-state index contributed by atoms with van der Waals surface area (Å²) in [5.74, 6) is 1.53. The van der Waals surface area contributed by atoms with Crippen LogP contribution in [0.4, 0.5) is 0 Å². The smallest absolute Gasteiger partial charge is 0.251 e. The van der Waals surface area contributed by atoms with Gasteiger partial charge in [-0.1, -0.05) is 29.8 Å². The van der Waals surface area contributed by atoms with Crippen molar-refractivity contribution in [3.8, 4) is 11.5 Å². The molecule has 6 heteroatoms. The molecule has 2 heterocycles. The molecule has 1 fully saturated rings. The highest BCUT2D eigenvalue weighted by molar-refractivity contribution is 5.94. The van der Waals surface area contributed by atoms with Gasteiger partial charge < -0.3 is 14.2 Å². The first-order valence-corrected chi connectivity index (χ1v) is 11.7. The minimum absolute atomic E-state index is 0.00279. The standard InChI is InChI=1S/C28H29N3O3/c1-19-5-12-26(20(2)14-19)28-30-24(18-34-28)16-31(17-25-4-3-13-33-25)15-21-6-8-22(9-7-21)27(32)29-23-10-11-23/h3-9,12-14,18,23H,10-11,15-17H2,1-2H3,(H,29,32). The number of carbonyl (C=O) groups excluding carboxylic acids is 1. The molecule has 0 saturated heterocycles. The van der Waals surface area contributed by atoms with E-state index < -0.39 is 0 Å². The number of hydrogen-bond acceptors (Lipinski definition) is 5. The second-order valence-corrected chi connectivity index (χ2v) is 9.13. The van der Waals surface area contributed by atoms with Crippen LogP contribution in [0.15, 0.2) is 76.0 Å². The van der Waals surface area contributed by atoms with Crippen LogP contribution in [0.1, 0.15) is 51.3 Å². The summed E-state index contributed by atoms with van der Waals surface area (Å²) in [5, 5.41) is 3.04. The molecule has 2 aromatic heterocycles. The molecule has 0 atom stereocenters. The Balaban J connectivity index is 1.30. The third-order valence-corrected chi connectivity index (χ3v) is 6.04. The maximum absolute atomic E-state index is 12.3. The largest absolute Gasteiger partial charge is 0.468 e. The lowest BCUT2D eigenvalue weighted by atomic mass is 10.1. The van der Waals surface area contributed by atoms with Crippen LogP contribution in [0, 0.1) is 13.8 Å². The average Bonchev–Trinajstić information content (AvgIpc) is 3.27. The van der Waals surface area contributed by atoms with Gasteiger partial charge in [-0.25, -0.2) is 4.98 Å². The summed E-state index contributed by atoms with van der Waals surface area (Å²) in [5.41, 5.74) is 6.05. The zero-order chi connectivity index (χ0) is 23.5. The lowest BCUT2D eigenvalue weighted by Gasteiger charge is -2.20. The van der Waals surface area contributed by atoms with Crippen molar-refractivity contribution in [2.24, 2.45) is 0 Å². The van der Waals surface area contributed by atoms with E-state index in [-0.39, 0.29) is 5.91 Å². The summed E-state index contributed by atoms with van der Waals surface area (Å²) in [4.78, 5) is 19.3. The third-order valence-electron chi connectivity index (χ3n) is 6.04. The van der Waals surface area contributed by atoms with Gasteiger partial charge in [0.25, 0.3) is 5.91 Å². The van der Waals surface area contributed by atoms with Crippen LogP contribution >= 0.6 is 0 Å². The fourth-order valence-electron chi connectivity index (χ4n) is 4.09. The number of benzene rings is 2. The average molecular weight is 456 g/mol. The molecule has 34 heavy (non-hydrogen) atoms. The number of nitrogens with zero attached hydrogens (tertiary/aromatic N) is 2. The van der Waals surface area contributed by atoms with Gasteiger partial charge in [-0.05, 0) is 68.1 Å². The Morgan fingerprint density at radius 1 is 1.03 bits per heavy atom. The Hall–Kier alpha value is -3.64. The van der Waals surface area contributed by atoms with Gasteiger partial charge in [-0.2, -0.15) is 0 Å². The number of oxazole rings is 1. The maximum atomic E-state index is 12.3. The van der Waals surface area contributed by atoms with Crippen molar-refractivity contribution in [1.29, 1.82) is 0 Å². The van der Waals surface area contributed by atoms with Crippen LogP contribution in [-0.4, -0.2) is 21.8 Å². The number of rotatable bonds is 9. The van der Waals surface area contributed by atoms with Crippen LogP contribution in [-0.2, 0) is 19.6 Å². The topological polar surface area (TPSA) is 71.5 Å². The number of nitrogens with one attached hydrogen (secondary N) is 1. The van der Waals surface area contributed by atoms with Crippen molar-refractivity contribution in [2.75, 3.05) is 0 Å². The molecule has 5 rings (SSSR count). The molecule has 6 nitrogen and oxygen atoms in total. The van der Waals surface area contributed by atoms with E-state index in [0.29, 0.717) is 37.1 Å². The highest BCUT2D eigenvalue weighted by Gasteiger charge is 2.23. The Morgan fingerprint density at radius 2 is 1.85 bits per heavy atom. The van der Waals surface area contributed by atoms with Gasteiger partial charge in [0, 0.05) is 30.3 Å². The van der Waals surface area contributed by atoms with Crippen LogP contribution < -0.4 is 5.32 Å². The second kappa shape index (κ2) is 9.69. The van der Waals surface area contributed by atoms with E-state index in [0.717, 1.165) is 41.0 Å². The van der Waals surface area contributed by atoms with Gasteiger partial charge in [0.15, 0.2) is 0 Å². The molecule has 1 saturated carbocycles. The highest BCUT2D eigenvalue weighted by Crippen LogP contribution is 2.25. The zero-order valence-electron chi connectivity index (χ0n) is 19.6. The zero-order valence-corrected chi connectivity index (χ0v) is 19.6. The van der Waals surface area contributed by atoms with Crippen LogP contribution in [0.25, 0.3) is 11.5 Å². The summed E-state index contributed by atoms with van der Waals surface area (Å²) in [6, 6.07) is 18.3. The summed E-state index contributed by atoms with van der Waals surface area (Å²) in [7, 11) is 0. The van der Waals surface area contributed by atoms with Gasteiger partial charge in [0.05, 0.1) is 18.5 Å². The number of aryl methyl sites for hydroxylation is 2. The molecule has 0 aliphatic heterocycles. The Morgan fingerprint density at radius 3 is 2.56 bits per heavy atom. The van der Waals surface area contributed by atoms with Crippen LogP contribution in [0.5, 0.6) is 0 Å². The van der Waals surface area contributed by atoms with Crippen molar-refractivity contribution in [3.05, 3.63) is 101 Å². The Labute approximate surface area is 199 Å². The minimum Gasteiger partial charge on any atom is -0.468 e. The summed E-state index contributed by atoms with van der Waals surface area (Å²) in [6.07, 6.45) is 5.59. The molecule has 1 aliphatic rings. The van der Waals surface area contributed by atoms with E-state index in [1.807, 2.05) is 36.4 Å². The molecule has 1 aliphatic carbocycles. The summed E-state index contributed by atoms with van der Waals surface area (Å²) < 4.78 is 11.4. The molecule has 1 amide bonds. The van der Waals surface area contributed by atoms with Gasteiger partial charge in [-0.15, -0.1) is 0 Å². The van der Waals surface area contributed by atoms with E-state index in [4.69, 9.17) is 13.8 Å². The van der Waals surface area contributed by atoms with Gasteiger partial charge in [0.2, 0.25) is 5.89 Å². The predicted octanol–water partition coefficient (Wildman–Crippen LogP) is 5.65. The molecule has 0 radical (unpaired) electrons. The van der Waals surface area contributed by atoms with Crippen LogP contribution in [0.2, 0.25) is 0 Å². The quantitative estimate of drug-likeness (QED) is 0.353. The molecule has 0 unspecified atom stereocenters. The molecular weight excluding hydrogens is 426 g/mol. The van der Waals surface area contributed by atoms with E-state index >= 15 is 0 Å². The second-order valence-electron chi connectivity index (χ2n) is 9.13. The van der Waals surface area contributed by atoms with Crippen molar-refractivity contribution in [2.45, 2.75) is 52.4 Å². The Kier molecular flexibility index (Phi) is 6.32. The lowest BCUT2D eigenvalue weighted by molar-refractivity contribution is 0.0951. The first-order valence-electron chi connectivity index (χ1n) is 11.7. The first kappa shape index (κ1) is 22.2. The van der Waals surface area contributed by atoms with Crippen molar-refractivity contribution < 1.29 is 13.6 Å². The van der Waals surface area contributed by atoms with Gasteiger partial charge in [0.1, 0.15) is 12.0 Å². The van der Waals surface area contributed by atoms with Crippen molar-refractivity contribution in [3.63, 3.8) is 0 Å². The maximum Gasteiger partial charge on any atom is 0.251 e. The monoisotopic (exact) mass is 455 g/mol. The normalized spacial score (nSPS) is 13.4. The molecule has 0 spiro atoms. The highest BCUT2D eigenvalue weighted by atomic mass is 16.3. The number of furan rings is 1. The molecule has 1 N–H and O–H groups in total. The SMILES string of the molecule is Cc1ccc(-c2nc(CN(Cc3ccc(C(=O)NC4CC4)cc3)Cc3ccco3)co2)c(C)c1. The van der Waals surface area contributed by atoms with E-state index in [1.165, 1.54) is 5.56 Å². The summed E-state index contributed by atoms with van der Waals surface area (Å²) >= 11 is 0. The van der Waals surface area contributed by atoms with Gasteiger partial charge in [-0.3, -0.25) is 9.69 Å². The van der Waals surface area contributed by atoms with Crippen LogP contribution in [0.3, 0.4) is 0 Å². The molecular formula is C28H29N3O3. The molecule has 2 aromatic carbocycles. The van der Waals surface area contributed by atoms with Gasteiger partial charge >= 0.3 is 0 Å². The summed E-state index contributed by atoms with van der Waals surface area (Å²) in [6.45, 7) is 6.10. The molecule has 4 aromatic rings. The number of hydrogen-bond donors (Lipinski definition) is 1. The predicted molar refractivity (Wildman–Crippen MR) is 130 cm³/mol. The fraction of sp³-hybridized carbons (Fsp3) is 0.286.